The molecule has 1 aliphatic carbocycles. The van der Waals surface area contributed by atoms with E-state index in [2.05, 4.69) is 12.2 Å². The molecule has 3 nitrogen and oxygen atoms in total. The van der Waals surface area contributed by atoms with Gasteiger partial charge in [0, 0.05) is 18.2 Å². The second-order valence-electron chi connectivity index (χ2n) is 4.29. The Bertz CT molecular complexity index is 347. The summed E-state index contributed by atoms with van der Waals surface area (Å²) in [5.74, 6) is 0.742. The summed E-state index contributed by atoms with van der Waals surface area (Å²) in [4.78, 5) is 0. The Labute approximate surface area is 89.8 Å². The van der Waals surface area contributed by atoms with Gasteiger partial charge in [-0.3, -0.25) is 0 Å². The summed E-state index contributed by atoms with van der Waals surface area (Å²) in [7, 11) is 0. The average molecular weight is 207 g/mol. The van der Waals surface area contributed by atoms with Crippen LogP contribution in [0.1, 0.15) is 25.3 Å². The quantitative estimate of drug-likeness (QED) is 0.662. The van der Waals surface area contributed by atoms with Gasteiger partial charge < -0.3 is 15.5 Å². The predicted octanol–water partition coefficient (Wildman–Crippen LogP) is 1.99. The number of rotatable bonds is 4. The van der Waals surface area contributed by atoms with Crippen molar-refractivity contribution in [3.63, 3.8) is 0 Å². The van der Waals surface area contributed by atoms with E-state index in [4.69, 9.17) is 0 Å². The Morgan fingerprint density at radius 3 is 2.80 bits per heavy atom. The zero-order valence-electron chi connectivity index (χ0n) is 8.90. The van der Waals surface area contributed by atoms with E-state index >= 15 is 0 Å². The molecule has 1 atom stereocenters. The first-order chi connectivity index (χ1) is 7.18. The molecule has 3 N–H and O–H groups in total. The van der Waals surface area contributed by atoms with Crippen molar-refractivity contribution in [2.45, 2.75) is 32.4 Å². The molecule has 0 radical (unpaired) electrons. The van der Waals surface area contributed by atoms with Crippen LogP contribution in [0.3, 0.4) is 0 Å². The summed E-state index contributed by atoms with van der Waals surface area (Å²) in [5.41, 5.74) is 0.752. The Balaban J connectivity index is 1.95. The molecule has 82 valence electrons. The topological polar surface area (TPSA) is 52.5 Å². The fourth-order valence-electron chi connectivity index (χ4n) is 1.75. The third kappa shape index (κ3) is 2.42. The predicted molar refractivity (Wildman–Crippen MR) is 58.8 cm³/mol. The molecule has 0 saturated heterocycles. The smallest absolute Gasteiger partial charge is 0.161 e. The van der Waals surface area contributed by atoms with Crippen molar-refractivity contribution >= 4 is 0 Å². The number of aromatic hydroxyl groups is 2. The van der Waals surface area contributed by atoms with Gasteiger partial charge in [0.25, 0.3) is 0 Å². The van der Waals surface area contributed by atoms with Gasteiger partial charge >= 0.3 is 0 Å². The highest BCUT2D eigenvalue weighted by atomic mass is 16.3. The van der Waals surface area contributed by atoms with Crippen molar-refractivity contribution in [1.29, 1.82) is 0 Å². The molecular weight excluding hydrogens is 190 g/mol. The van der Waals surface area contributed by atoms with E-state index in [0.717, 1.165) is 11.5 Å². The third-order valence-corrected chi connectivity index (χ3v) is 3.04. The van der Waals surface area contributed by atoms with Gasteiger partial charge in [0.15, 0.2) is 11.5 Å². The van der Waals surface area contributed by atoms with Gasteiger partial charge in [0.05, 0.1) is 0 Å². The molecule has 1 saturated carbocycles. The van der Waals surface area contributed by atoms with Crippen molar-refractivity contribution in [3.05, 3.63) is 23.8 Å². The van der Waals surface area contributed by atoms with Crippen LogP contribution >= 0.6 is 0 Å². The zero-order chi connectivity index (χ0) is 10.8. The molecule has 0 heterocycles. The van der Waals surface area contributed by atoms with Crippen LogP contribution in [0.25, 0.3) is 0 Å². The van der Waals surface area contributed by atoms with Crippen LogP contribution in [0.2, 0.25) is 0 Å². The van der Waals surface area contributed by atoms with Crippen molar-refractivity contribution in [2.24, 2.45) is 5.92 Å². The lowest BCUT2D eigenvalue weighted by molar-refractivity contribution is 0.394. The molecule has 3 heteroatoms. The largest absolute Gasteiger partial charge is 0.504 e. The molecule has 1 fully saturated rings. The third-order valence-electron chi connectivity index (χ3n) is 3.04. The van der Waals surface area contributed by atoms with Crippen LogP contribution in [0.15, 0.2) is 18.2 Å². The maximum absolute atomic E-state index is 9.57. The molecular formula is C12H17NO2. The van der Waals surface area contributed by atoms with Crippen molar-refractivity contribution in [2.75, 3.05) is 0 Å². The first kappa shape index (κ1) is 10.3. The molecule has 2 rings (SSSR count). The molecule has 0 amide bonds. The Morgan fingerprint density at radius 1 is 1.40 bits per heavy atom. The van der Waals surface area contributed by atoms with Crippen LogP contribution in [-0.2, 0) is 6.54 Å². The fraction of sp³-hybridized carbons (Fsp3) is 0.500. The normalized spacial score (nSPS) is 17.7. The molecule has 0 bridgehead atoms. The molecule has 1 aromatic carbocycles. The summed E-state index contributed by atoms with van der Waals surface area (Å²) in [6, 6.07) is 5.55. The standard InChI is InChI=1S/C12H17NO2/c1-8(9-5-6-9)13-7-10-3-2-4-11(14)12(10)15/h2-4,8-9,13-15H,5-7H2,1H3. The van der Waals surface area contributed by atoms with E-state index < -0.39 is 0 Å². The number of phenols is 2. The van der Waals surface area contributed by atoms with Gasteiger partial charge in [-0.25, -0.2) is 0 Å². The average Bonchev–Trinajstić information content (AvgIpc) is 3.03. The second-order valence-corrected chi connectivity index (χ2v) is 4.29. The van der Waals surface area contributed by atoms with E-state index in [1.165, 1.54) is 18.9 Å². The molecule has 1 aromatic rings. The summed E-state index contributed by atoms with van der Waals surface area (Å²) < 4.78 is 0. The van der Waals surface area contributed by atoms with E-state index in [0.29, 0.717) is 12.6 Å². The van der Waals surface area contributed by atoms with Gasteiger partial charge in [0.2, 0.25) is 0 Å². The van der Waals surface area contributed by atoms with Crippen molar-refractivity contribution in [1.82, 2.24) is 5.32 Å². The summed E-state index contributed by atoms with van der Waals surface area (Å²) in [6.45, 7) is 2.77. The monoisotopic (exact) mass is 207 g/mol. The summed E-state index contributed by atoms with van der Waals surface area (Å²) in [5, 5.41) is 22.2. The number of para-hydroxylation sites is 1. The van der Waals surface area contributed by atoms with Gasteiger partial charge in [-0.15, -0.1) is 0 Å². The second kappa shape index (κ2) is 4.11. The van der Waals surface area contributed by atoms with Crippen LogP contribution in [-0.4, -0.2) is 16.3 Å². The molecule has 1 unspecified atom stereocenters. The Kier molecular flexibility index (Phi) is 2.82. The van der Waals surface area contributed by atoms with Gasteiger partial charge in [-0.05, 0) is 31.7 Å². The Morgan fingerprint density at radius 2 is 2.13 bits per heavy atom. The van der Waals surface area contributed by atoms with E-state index in [-0.39, 0.29) is 11.5 Å². The van der Waals surface area contributed by atoms with Gasteiger partial charge in [-0.2, -0.15) is 0 Å². The van der Waals surface area contributed by atoms with E-state index in [1.54, 1.807) is 6.07 Å². The number of benzene rings is 1. The first-order valence-corrected chi connectivity index (χ1v) is 5.41. The first-order valence-electron chi connectivity index (χ1n) is 5.41. The zero-order valence-corrected chi connectivity index (χ0v) is 8.90. The van der Waals surface area contributed by atoms with Crippen molar-refractivity contribution in [3.8, 4) is 11.5 Å². The minimum absolute atomic E-state index is 0.00648. The maximum atomic E-state index is 9.57. The number of hydrogen-bond donors (Lipinski definition) is 3. The lowest BCUT2D eigenvalue weighted by atomic mass is 10.1. The number of phenolic OH excluding ortho intramolecular Hbond substituents is 2. The van der Waals surface area contributed by atoms with E-state index in [9.17, 15) is 10.2 Å². The molecule has 1 aliphatic rings. The lowest BCUT2D eigenvalue weighted by Crippen LogP contribution is -2.27. The van der Waals surface area contributed by atoms with Crippen LogP contribution in [0.5, 0.6) is 11.5 Å². The van der Waals surface area contributed by atoms with Gasteiger partial charge in [-0.1, -0.05) is 12.1 Å². The Hall–Kier alpha value is -1.22. The summed E-state index contributed by atoms with van der Waals surface area (Å²) in [6.07, 6.45) is 2.61. The highest BCUT2D eigenvalue weighted by molar-refractivity contribution is 5.44. The SMILES string of the molecule is CC(NCc1cccc(O)c1O)C1CC1. The van der Waals surface area contributed by atoms with Crippen LogP contribution in [0.4, 0.5) is 0 Å². The molecule has 15 heavy (non-hydrogen) atoms. The lowest BCUT2D eigenvalue weighted by Gasteiger charge is -2.13. The van der Waals surface area contributed by atoms with Crippen LogP contribution in [0, 0.1) is 5.92 Å². The minimum atomic E-state index is -0.0478. The minimum Gasteiger partial charge on any atom is -0.504 e. The fourth-order valence-corrected chi connectivity index (χ4v) is 1.75. The molecule has 0 aliphatic heterocycles. The highest BCUT2D eigenvalue weighted by Crippen LogP contribution is 2.33. The van der Waals surface area contributed by atoms with Gasteiger partial charge in [0.1, 0.15) is 0 Å². The molecule has 0 spiro atoms. The maximum Gasteiger partial charge on any atom is 0.161 e. The highest BCUT2D eigenvalue weighted by Gasteiger charge is 2.27. The number of hydrogen-bond acceptors (Lipinski definition) is 3. The summed E-state index contributed by atoms with van der Waals surface area (Å²) >= 11 is 0. The van der Waals surface area contributed by atoms with Crippen LogP contribution < -0.4 is 5.32 Å². The van der Waals surface area contributed by atoms with Crippen molar-refractivity contribution < 1.29 is 10.2 Å². The molecule has 0 aromatic heterocycles. The van der Waals surface area contributed by atoms with E-state index in [1.807, 2.05) is 6.07 Å². The number of nitrogens with one attached hydrogen (secondary N) is 1.